The zero-order valence-corrected chi connectivity index (χ0v) is 79.4. The first-order valence-electron chi connectivity index (χ1n) is 44.5. The summed E-state index contributed by atoms with van der Waals surface area (Å²) in [5.74, 6) is -27.7. The third-order valence-electron chi connectivity index (χ3n) is 22.4. The number of benzene rings is 4. The van der Waals surface area contributed by atoms with E-state index in [2.05, 4.69) is 69.1 Å². The van der Waals surface area contributed by atoms with Crippen molar-refractivity contribution in [3.63, 3.8) is 0 Å². The largest absolute Gasteiger partial charge is 0.508 e. The molecule has 14 atom stereocenters. The first-order valence-corrected chi connectivity index (χ1v) is 47.9. The van der Waals surface area contributed by atoms with Gasteiger partial charge in [-0.25, -0.2) is 0 Å². The summed E-state index contributed by atoms with van der Waals surface area (Å²) in [5, 5.41) is 83.6. The van der Waals surface area contributed by atoms with Crippen molar-refractivity contribution in [1.82, 2.24) is 83.8 Å². The summed E-state index contributed by atoms with van der Waals surface area (Å²) in [6.07, 6.45) is -8.89. The Labute approximate surface area is 806 Å². The molecule has 0 radical (unpaired) electrons. The lowest BCUT2D eigenvalue weighted by atomic mass is 9.85. The molecule has 45 nitrogen and oxygen atoms in total. The SMILES string of the molecule is C[C@H]1CSCCC(=O)N2CCN3CCN(CC2)C(=O)CCSC[C@H](NC(=O)[C@@H](C)NC(=O)[C@H](Cc2cccc4ccccc24)NC(=O)[C@H](CCC(=O)O)NC(=O)[C@H](CC(N)=O)NC(=O)[C@@H](C)NC1=O)C(=O)N[C@@H](CCC(=O)O)C(=O)N[C@@H](CC(=O)O)C(=O)N[C@@H](Cc1ccccc1)C(=O)N[C@@H](Cc1ccc(O)cc1)C(=O)N[C@@H](CC(=O)O)C(=O)N[C@@H](C(C)(C)C)C(=O)N[C@H](C(N)=O)CSCCC3=O. The molecular formula is C90H120N18O27S3. The maximum absolute atomic E-state index is 15.2. The normalized spacial score (nSPS) is 24.8. The number of carbonyl (C=O) groups excluding carboxylic acids is 18. The van der Waals surface area contributed by atoms with E-state index in [-0.39, 0.29) is 98.6 Å². The quantitative estimate of drug-likeness (QED) is 0.0434. The summed E-state index contributed by atoms with van der Waals surface area (Å²) in [7, 11) is 0. The average molecular weight is 1980 g/mol. The highest BCUT2D eigenvalue weighted by Gasteiger charge is 2.42. The molecule has 3 fully saturated rings. The van der Waals surface area contributed by atoms with Crippen molar-refractivity contribution in [2.45, 2.75) is 204 Å². The van der Waals surface area contributed by atoms with Crippen molar-refractivity contribution in [1.29, 1.82) is 0 Å². The lowest BCUT2D eigenvalue weighted by Gasteiger charge is -2.33. The first-order chi connectivity index (χ1) is 65.2. The van der Waals surface area contributed by atoms with Crippen LogP contribution in [-0.4, -0.2) is 323 Å². The van der Waals surface area contributed by atoms with Gasteiger partial charge >= 0.3 is 23.9 Å². The van der Waals surface area contributed by atoms with E-state index >= 15 is 14.4 Å². The van der Waals surface area contributed by atoms with E-state index in [1.165, 1.54) is 110 Å². The molecular weight excluding hydrogens is 1860 g/mol. The number of nitrogens with two attached hydrogens (primary N) is 2. The number of nitrogens with zero attached hydrogens (tertiary/aromatic N) is 3. The number of carboxylic acids is 4. The van der Waals surface area contributed by atoms with Crippen LogP contribution in [0.5, 0.6) is 5.75 Å². The van der Waals surface area contributed by atoms with E-state index in [0.29, 0.717) is 21.9 Å². The van der Waals surface area contributed by atoms with Crippen molar-refractivity contribution >= 4 is 176 Å². The van der Waals surface area contributed by atoms with Crippen LogP contribution in [0.1, 0.15) is 122 Å². The second kappa shape index (κ2) is 54.3. The number of aromatic hydroxyl groups is 1. The number of amides is 18. The second-order valence-electron chi connectivity index (χ2n) is 34.4. The van der Waals surface area contributed by atoms with Crippen molar-refractivity contribution in [2.24, 2.45) is 22.8 Å². The fraction of sp³-hybridized carbons (Fsp3) is 0.511. The van der Waals surface area contributed by atoms with Crippen LogP contribution in [0.25, 0.3) is 10.8 Å². The van der Waals surface area contributed by atoms with Crippen molar-refractivity contribution in [3.05, 3.63) is 114 Å². The van der Waals surface area contributed by atoms with Crippen molar-refractivity contribution in [2.75, 3.05) is 73.8 Å². The standard InChI is InChI=1S/C90H120N18O27S3/c1-48-45-136-36-27-68(111)106-30-32-107-34-35-108(33-31-106)70(113)29-38-138-47-66(104-79(125)50(3)94-82(128)61(41-54-17-12-16-53-15-10-11-18-56(53)54)100-80(126)57(23-25-71(114)115)95-85(131)62(42-67(91)110)97-78(124)49(2)93-77(48)123)88(134)96-58(24-26-72(116)117)81(127)101-63(43-73(118)119)86(132)99-59(39-51-13-8-7-9-14-51)83(129)98-60(40-52-19-21-55(109)22-20-52)84(130)102-64(44-74(120)121)87(133)105-75(90(4,5)6)89(135)103-65(76(92)122)46-137-37-28-69(107)112/h7-22,48-50,57-66,75,109H,23-47H2,1-6H3,(H2,91,110)(H2,92,122)(H,93,123)(H,94,128)(H,95,131)(H,96,134)(H,97,124)(H,98,129)(H,99,132)(H,100,126)(H,101,127)(H,102,130)(H,103,135)(H,104,125)(H,105,133)(H,114,115)(H,116,117)(H,118,119)(H,120,121)/t48-,49+,50+,57-,58-,59-,60-,61-,62-,63-,64-,65-,66-,75+/m0/s1. The molecule has 3 heterocycles. The Morgan fingerprint density at radius 3 is 1.22 bits per heavy atom. The van der Waals surface area contributed by atoms with Gasteiger partial charge in [-0.3, -0.25) is 105 Å². The Bertz CT molecular complexity index is 5110. The number of hydrogen-bond acceptors (Lipinski definition) is 26. The van der Waals surface area contributed by atoms with Crippen LogP contribution in [0, 0.1) is 11.3 Å². The van der Waals surface area contributed by atoms with Crippen LogP contribution in [0.3, 0.4) is 0 Å². The molecule has 4 aromatic carbocycles. The third-order valence-corrected chi connectivity index (χ3v) is 25.8. The molecule has 0 aromatic heterocycles. The van der Waals surface area contributed by atoms with E-state index in [4.69, 9.17) is 11.5 Å². The fourth-order valence-electron chi connectivity index (χ4n) is 14.6. The van der Waals surface area contributed by atoms with Crippen LogP contribution in [0.4, 0.5) is 0 Å². The van der Waals surface area contributed by atoms with E-state index in [0.717, 1.165) is 30.4 Å². The zero-order valence-electron chi connectivity index (χ0n) is 76.9. The number of nitrogens with one attached hydrogen (secondary N) is 13. The van der Waals surface area contributed by atoms with Gasteiger partial charge in [0.05, 0.1) is 19.3 Å². The van der Waals surface area contributed by atoms with Gasteiger partial charge < -0.3 is 121 Å². The highest BCUT2D eigenvalue weighted by Crippen LogP contribution is 2.25. The maximum Gasteiger partial charge on any atom is 0.305 e. The number of aliphatic carboxylic acids is 4. The molecule has 0 spiro atoms. The minimum Gasteiger partial charge on any atom is -0.508 e. The molecule has 0 unspecified atom stereocenters. The summed E-state index contributed by atoms with van der Waals surface area (Å²) in [4.78, 5) is 315. The highest BCUT2D eigenvalue weighted by molar-refractivity contribution is 7.99. The number of carbonyl (C=O) groups is 22. The van der Waals surface area contributed by atoms with E-state index in [1.807, 2.05) is 0 Å². The van der Waals surface area contributed by atoms with Crippen molar-refractivity contribution in [3.8, 4) is 5.75 Å². The lowest BCUT2D eigenvalue weighted by Crippen LogP contribution is -2.62. The topological polar surface area (TPSA) is 695 Å². The summed E-state index contributed by atoms with van der Waals surface area (Å²) in [6.45, 7) is 7.74. The predicted molar refractivity (Wildman–Crippen MR) is 501 cm³/mol. The lowest BCUT2D eigenvalue weighted by molar-refractivity contribution is -0.142. The fourth-order valence-corrected chi connectivity index (χ4v) is 17.6. The molecule has 18 amide bonds. The van der Waals surface area contributed by atoms with E-state index in [9.17, 15) is 117 Å². The molecule has 3 saturated heterocycles. The minimum absolute atomic E-state index is 0.0394. The third kappa shape index (κ3) is 36.8. The molecule has 3 aliphatic heterocycles. The Morgan fingerprint density at radius 2 is 0.746 bits per heavy atom. The minimum atomic E-state index is -2.26. The van der Waals surface area contributed by atoms with Gasteiger partial charge in [0.25, 0.3) is 0 Å². The van der Waals surface area contributed by atoms with E-state index in [1.54, 1.807) is 48.5 Å². The molecule has 4 aromatic rings. The van der Waals surface area contributed by atoms with Crippen LogP contribution in [-0.2, 0) is 125 Å². The number of thioether (sulfide) groups is 3. The average Bonchev–Trinajstić information content (AvgIpc) is 0.946. The van der Waals surface area contributed by atoms with Crippen LogP contribution in [0.15, 0.2) is 97.1 Å². The number of primary amides is 2. The second-order valence-corrected chi connectivity index (χ2v) is 37.9. The summed E-state index contributed by atoms with van der Waals surface area (Å²) in [6, 6.07) is 0.579. The molecule has 0 saturated carbocycles. The molecule has 7 rings (SSSR count). The van der Waals surface area contributed by atoms with Gasteiger partial charge in [-0.05, 0) is 71.7 Å². The number of fused-ring (bicyclic) bond motifs is 10. The zero-order chi connectivity index (χ0) is 102. The number of rotatable bonds is 19. The van der Waals surface area contributed by atoms with E-state index < -0.39 is 290 Å². The number of phenols is 1. The maximum atomic E-state index is 15.2. The molecule has 0 aliphatic carbocycles. The summed E-state index contributed by atoms with van der Waals surface area (Å²) >= 11 is 3.02. The van der Waals surface area contributed by atoms with Gasteiger partial charge in [-0.15, -0.1) is 0 Å². The number of phenolic OH excluding ortho intramolecular Hbond substituents is 1. The molecule has 48 heteroatoms. The Hall–Kier alpha value is -13.7. The number of carboxylic acid groups (broad SMARTS) is 4. The molecule has 750 valence electrons. The van der Waals surface area contributed by atoms with Gasteiger partial charge in [0, 0.05) is 131 Å². The van der Waals surface area contributed by atoms with Crippen LogP contribution < -0.4 is 80.6 Å². The summed E-state index contributed by atoms with van der Waals surface area (Å²) in [5.41, 5.74) is 11.1. The van der Waals surface area contributed by atoms with Crippen LogP contribution >= 0.6 is 35.3 Å². The van der Waals surface area contributed by atoms with Crippen molar-refractivity contribution < 1.29 is 131 Å². The molecule has 4 bridgehead atoms. The molecule has 138 heavy (non-hydrogen) atoms. The van der Waals surface area contributed by atoms with Gasteiger partial charge in [0.2, 0.25) is 106 Å². The van der Waals surface area contributed by atoms with Gasteiger partial charge in [-0.2, -0.15) is 35.3 Å². The summed E-state index contributed by atoms with van der Waals surface area (Å²) < 4.78 is 0. The predicted octanol–water partition coefficient (Wildman–Crippen LogP) is -3.47. The van der Waals surface area contributed by atoms with Gasteiger partial charge in [0.1, 0.15) is 84.3 Å². The Morgan fingerprint density at radius 1 is 0.370 bits per heavy atom. The molecule has 3 aliphatic rings. The van der Waals surface area contributed by atoms with Crippen LogP contribution in [0.2, 0.25) is 0 Å². The molecule has 22 N–H and O–H groups in total. The van der Waals surface area contributed by atoms with Gasteiger partial charge in [0.15, 0.2) is 0 Å². The first kappa shape index (κ1) is 111. The van der Waals surface area contributed by atoms with Gasteiger partial charge in [-0.1, -0.05) is 113 Å². The smallest absolute Gasteiger partial charge is 0.305 e. The Kier molecular flexibility index (Phi) is 43.8. The monoisotopic (exact) mass is 1980 g/mol. The Balaban J connectivity index is 1.34. The highest BCUT2D eigenvalue weighted by atomic mass is 32.2. The number of hydrogen-bond donors (Lipinski definition) is 20.